The molecule has 110 valence electrons. The predicted molar refractivity (Wildman–Crippen MR) is 73.6 cm³/mol. The lowest BCUT2D eigenvalue weighted by molar-refractivity contribution is -0.152. The van der Waals surface area contributed by atoms with E-state index in [0.29, 0.717) is 5.56 Å². The van der Waals surface area contributed by atoms with E-state index >= 15 is 0 Å². The van der Waals surface area contributed by atoms with Crippen LogP contribution in [0.3, 0.4) is 0 Å². The third kappa shape index (κ3) is 4.26. The Morgan fingerprint density at radius 2 is 1.85 bits per heavy atom. The summed E-state index contributed by atoms with van der Waals surface area (Å²) in [5.41, 5.74) is 1.95. The van der Waals surface area contributed by atoms with Crippen molar-refractivity contribution < 1.29 is 24.5 Å². The van der Waals surface area contributed by atoms with Gasteiger partial charge in [0.15, 0.2) is 0 Å². The van der Waals surface area contributed by atoms with Crippen molar-refractivity contribution in [2.75, 3.05) is 0 Å². The molecule has 20 heavy (non-hydrogen) atoms. The first-order valence-corrected chi connectivity index (χ1v) is 6.31. The molecule has 2 N–H and O–H groups in total. The van der Waals surface area contributed by atoms with Crippen LogP contribution in [0.1, 0.15) is 43.9 Å². The maximum Gasteiger partial charge on any atom is 0.317 e. The molecule has 5 heteroatoms. The van der Waals surface area contributed by atoms with Crippen LogP contribution in [0.25, 0.3) is 0 Å². The van der Waals surface area contributed by atoms with Crippen molar-refractivity contribution in [3.63, 3.8) is 0 Å². The smallest absolute Gasteiger partial charge is 0.317 e. The quantitative estimate of drug-likeness (QED) is 0.654. The minimum absolute atomic E-state index is 0.00366. The number of carbonyl (C=O) groups excluding carboxylic acids is 1. The van der Waals surface area contributed by atoms with Gasteiger partial charge in [0.05, 0.1) is 0 Å². The average molecular weight is 280 g/mol. The summed E-state index contributed by atoms with van der Waals surface area (Å²) in [6.45, 7) is 7.69. The molecule has 0 unspecified atom stereocenters. The van der Waals surface area contributed by atoms with Gasteiger partial charge in [0, 0.05) is 0 Å². The fourth-order valence-corrected chi connectivity index (χ4v) is 1.85. The van der Waals surface area contributed by atoms with E-state index in [1.165, 1.54) is 0 Å². The SMILES string of the molecule is Cc1cc(COC(=O)CC(=O)O)cc(C(C)(C)C)c1O. The van der Waals surface area contributed by atoms with Crippen molar-refractivity contribution in [1.82, 2.24) is 0 Å². The van der Waals surface area contributed by atoms with E-state index in [9.17, 15) is 14.7 Å². The van der Waals surface area contributed by atoms with Gasteiger partial charge in [-0.05, 0) is 41.2 Å². The van der Waals surface area contributed by atoms with Crippen molar-refractivity contribution in [1.29, 1.82) is 0 Å². The number of carboxylic acid groups (broad SMARTS) is 1. The van der Waals surface area contributed by atoms with E-state index in [1.807, 2.05) is 20.8 Å². The average Bonchev–Trinajstić information content (AvgIpc) is 2.28. The predicted octanol–water partition coefficient (Wildman–Crippen LogP) is 2.52. The molecule has 0 aliphatic carbocycles. The Balaban J connectivity index is 2.90. The summed E-state index contributed by atoms with van der Waals surface area (Å²) in [5, 5.41) is 18.5. The number of aryl methyl sites for hydroxylation is 1. The zero-order chi connectivity index (χ0) is 15.5. The molecule has 0 atom stereocenters. The number of ether oxygens (including phenoxy) is 1. The standard InChI is InChI=1S/C15H20O5/c1-9-5-10(8-20-13(18)7-12(16)17)6-11(14(9)19)15(2,3)4/h5-6,19H,7-8H2,1-4H3,(H,16,17). The van der Waals surface area contributed by atoms with Gasteiger partial charge in [-0.1, -0.05) is 20.8 Å². The summed E-state index contributed by atoms with van der Waals surface area (Å²) in [7, 11) is 0. The minimum atomic E-state index is -1.22. The Hall–Kier alpha value is -2.04. The van der Waals surface area contributed by atoms with Gasteiger partial charge in [-0.2, -0.15) is 0 Å². The molecule has 0 saturated heterocycles. The lowest BCUT2D eigenvalue weighted by atomic mass is 9.84. The maximum atomic E-state index is 11.2. The largest absolute Gasteiger partial charge is 0.507 e. The van der Waals surface area contributed by atoms with Crippen molar-refractivity contribution in [2.24, 2.45) is 0 Å². The van der Waals surface area contributed by atoms with Gasteiger partial charge in [0.1, 0.15) is 18.8 Å². The first-order valence-electron chi connectivity index (χ1n) is 6.31. The molecule has 1 aromatic carbocycles. The van der Waals surface area contributed by atoms with Crippen LogP contribution in [0.15, 0.2) is 12.1 Å². The molecule has 0 radical (unpaired) electrons. The lowest BCUT2D eigenvalue weighted by Crippen LogP contribution is -2.14. The highest BCUT2D eigenvalue weighted by Gasteiger charge is 2.20. The second kappa shape index (κ2) is 5.94. The van der Waals surface area contributed by atoms with Gasteiger partial charge in [0.25, 0.3) is 0 Å². The second-order valence-electron chi connectivity index (χ2n) is 5.79. The highest BCUT2D eigenvalue weighted by Crippen LogP contribution is 2.34. The number of aromatic hydroxyl groups is 1. The lowest BCUT2D eigenvalue weighted by Gasteiger charge is -2.22. The topological polar surface area (TPSA) is 83.8 Å². The number of hydrogen-bond acceptors (Lipinski definition) is 4. The van der Waals surface area contributed by atoms with Crippen LogP contribution in [0.5, 0.6) is 5.75 Å². The van der Waals surface area contributed by atoms with Crippen molar-refractivity contribution in [2.45, 2.75) is 46.1 Å². The number of phenols is 1. The van der Waals surface area contributed by atoms with Crippen LogP contribution in [-0.4, -0.2) is 22.2 Å². The zero-order valence-electron chi connectivity index (χ0n) is 12.2. The van der Waals surface area contributed by atoms with Gasteiger partial charge in [-0.25, -0.2) is 0 Å². The van der Waals surface area contributed by atoms with Crippen LogP contribution >= 0.6 is 0 Å². The number of benzene rings is 1. The van der Waals surface area contributed by atoms with E-state index < -0.39 is 18.4 Å². The summed E-state index contributed by atoms with van der Waals surface area (Å²) < 4.78 is 4.90. The van der Waals surface area contributed by atoms with Crippen LogP contribution in [-0.2, 0) is 26.3 Å². The Morgan fingerprint density at radius 3 is 2.35 bits per heavy atom. The third-order valence-corrected chi connectivity index (χ3v) is 2.86. The summed E-state index contributed by atoms with van der Waals surface area (Å²) in [4.78, 5) is 21.6. The number of rotatable bonds is 4. The summed E-state index contributed by atoms with van der Waals surface area (Å²) >= 11 is 0. The van der Waals surface area contributed by atoms with Gasteiger partial charge in [-0.3, -0.25) is 9.59 Å². The number of aliphatic carboxylic acids is 1. The molecule has 0 spiro atoms. The first-order chi connectivity index (χ1) is 9.11. The number of esters is 1. The molecule has 0 aliphatic heterocycles. The summed E-state index contributed by atoms with van der Waals surface area (Å²) in [6, 6.07) is 3.50. The summed E-state index contributed by atoms with van der Waals surface area (Å²) in [5.74, 6) is -1.76. The molecule has 0 heterocycles. The van der Waals surface area contributed by atoms with Crippen LogP contribution in [0.4, 0.5) is 0 Å². The molecule has 0 aromatic heterocycles. The van der Waals surface area contributed by atoms with Gasteiger partial charge >= 0.3 is 11.9 Å². The monoisotopic (exact) mass is 280 g/mol. The molecule has 0 bridgehead atoms. The third-order valence-electron chi connectivity index (χ3n) is 2.86. The van der Waals surface area contributed by atoms with E-state index in [0.717, 1.165) is 11.1 Å². The fraction of sp³-hybridized carbons (Fsp3) is 0.467. The second-order valence-corrected chi connectivity index (χ2v) is 5.79. The normalized spacial score (nSPS) is 11.2. The van der Waals surface area contributed by atoms with Gasteiger partial charge in [0.2, 0.25) is 0 Å². The molecule has 0 saturated carbocycles. The van der Waals surface area contributed by atoms with Crippen molar-refractivity contribution >= 4 is 11.9 Å². The first kappa shape index (κ1) is 16.0. The van der Waals surface area contributed by atoms with E-state index in [1.54, 1.807) is 19.1 Å². The maximum absolute atomic E-state index is 11.2. The highest BCUT2D eigenvalue weighted by atomic mass is 16.5. The molecule has 5 nitrogen and oxygen atoms in total. The number of carboxylic acids is 1. The number of hydrogen-bond donors (Lipinski definition) is 2. The van der Waals surface area contributed by atoms with Crippen LogP contribution < -0.4 is 0 Å². The van der Waals surface area contributed by atoms with Gasteiger partial charge < -0.3 is 14.9 Å². The number of carbonyl (C=O) groups is 2. The number of phenolic OH excluding ortho intramolecular Hbond substituents is 1. The molecule has 1 rings (SSSR count). The summed E-state index contributed by atoms with van der Waals surface area (Å²) in [6.07, 6.45) is -0.650. The Kier molecular flexibility index (Phi) is 4.76. The molecular weight excluding hydrogens is 260 g/mol. The van der Waals surface area contributed by atoms with E-state index in [2.05, 4.69) is 0 Å². The van der Waals surface area contributed by atoms with Crippen LogP contribution in [0.2, 0.25) is 0 Å². The Morgan fingerprint density at radius 1 is 1.25 bits per heavy atom. The van der Waals surface area contributed by atoms with Crippen molar-refractivity contribution in [3.8, 4) is 5.75 Å². The zero-order valence-corrected chi connectivity index (χ0v) is 12.2. The van der Waals surface area contributed by atoms with E-state index in [4.69, 9.17) is 9.84 Å². The molecular formula is C15H20O5. The van der Waals surface area contributed by atoms with Crippen LogP contribution in [0, 0.1) is 6.92 Å². The molecule has 0 fully saturated rings. The molecule has 0 aliphatic rings. The molecule has 1 aromatic rings. The Bertz CT molecular complexity index is 526. The molecule has 0 amide bonds. The van der Waals surface area contributed by atoms with Gasteiger partial charge in [-0.15, -0.1) is 0 Å². The fourth-order valence-electron chi connectivity index (χ4n) is 1.85. The highest BCUT2D eigenvalue weighted by molar-refractivity contribution is 5.90. The van der Waals surface area contributed by atoms with Crippen molar-refractivity contribution in [3.05, 3.63) is 28.8 Å². The Labute approximate surface area is 118 Å². The van der Waals surface area contributed by atoms with E-state index in [-0.39, 0.29) is 17.8 Å². The minimum Gasteiger partial charge on any atom is -0.507 e.